The number of nitrogens with zero attached hydrogens (tertiary/aromatic N) is 2. The van der Waals surface area contributed by atoms with Crippen LogP contribution in [0.1, 0.15) is 43.0 Å². The van der Waals surface area contributed by atoms with E-state index >= 15 is 0 Å². The number of amidine groups is 1. The van der Waals surface area contributed by atoms with Crippen LogP contribution in [0.25, 0.3) is 10.2 Å². The Kier molecular flexibility index (Phi) is 5.06. The predicted octanol–water partition coefficient (Wildman–Crippen LogP) is 3.07. The van der Waals surface area contributed by atoms with E-state index in [1.54, 1.807) is 11.3 Å². The molecule has 5 nitrogen and oxygen atoms in total. The van der Waals surface area contributed by atoms with E-state index in [1.165, 1.54) is 35.0 Å². The number of nitrogens with two attached hydrogens (primary N) is 1. The van der Waals surface area contributed by atoms with Gasteiger partial charge >= 0.3 is 0 Å². The highest BCUT2D eigenvalue weighted by molar-refractivity contribution is 8.13. The lowest BCUT2D eigenvalue weighted by Crippen LogP contribution is -2.14. The van der Waals surface area contributed by atoms with Crippen molar-refractivity contribution in [2.75, 3.05) is 6.54 Å². The second-order valence-corrected chi connectivity index (χ2v) is 8.34. The summed E-state index contributed by atoms with van der Waals surface area (Å²) in [6.45, 7) is 4.93. The van der Waals surface area contributed by atoms with Crippen LogP contribution in [0, 0.1) is 5.92 Å². The van der Waals surface area contributed by atoms with Gasteiger partial charge in [0.25, 0.3) is 5.56 Å². The molecule has 0 unspecified atom stereocenters. The fourth-order valence-electron chi connectivity index (χ4n) is 2.74. The van der Waals surface area contributed by atoms with Gasteiger partial charge in [0.1, 0.15) is 10.7 Å². The lowest BCUT2D eigenvalue weighted by Gasteiger charge is -2.09. The minimum Gasteiger partial charge on any atom is -0.379 e. The number of aromatic nitrogens is 2. The molecule has 0 radical (unpaired) electrons. The molecular formula is C16H22N4OS2. The van der Waals surface area contributed by atoms with Crippen LogP contribution < -0.4 is 11.3 Å². The van der Waals surface area contributed by atoms with E-state index in [4.69, 9.17) is 5.73 Å². The number of thioether (sulfide) groups is 1. The van der Waals surface area contributed by atoms with E-state index in [-0.39, 0.29) is 5.56 Å². The number of aryl methyl sites for hydroxylation is 2. The van der Waals surface area contributed by atoms with Gasteiger partial charge in [0.05, 0.1) is 11.1 Å². The molecule has 2 heterocycles. The summed E-state index contributed by atoms with van der Waals surface area (Å²) >= 11 is 3.10. The molecule has 2 aromatic heterocycles. The predicted molar refractivity (Wildman–Crippen MR) is 99.5 cm³/mol. The Labute approximate surface area is 143 Å². The third kappa shape index (κ3) is 3.77. The van der Waals surface area contributed by atoms with Crippen molar-refractivity contribution < 1.29 is 0 Å². The number of H-pyrrole nitrogens is 1. The molecule has 1 aliphatic rings. The first kappa shape index (κ1) is 16.5. The summed E-state index contributed by atoms with van der Waals surface area (Å²) < 4.78 is 0. The summed E-state index contributed by atoms with van der Waals surface area (Å²) in [6, 6.07) is 0. The van der Waals surface area contributed by atoms with Crippen molar-refractivity contribution in [3.05, 3.63) is 26.6 Å². The number of aliphatic imine (C=N–C) groups is 1. The average Bonchev–Trinajstić information content (AvgIpc) is 2.89. The first-order valence-electron chi connectivity index (χ1n) is 8.00. The van der Waals surface area contributed by atoms with Crippen LogP contribution in [-0.4, -0.2) is 21.7 Å². The van der Waals surface area contributed by atoms with Crippen molar-refractivity contribution in [3.63, 3.8) is 0 Å². The van der Waals surface area contributed by atoms with Crippen LogP contribution in [0.4, 0.5) is 0 Å². The largest absolute Gasteiger partial charge is 0.379 e. The molecule has 0 bridgehead atoms. The number of nitrogens with one attached hydrogen (secondary N) is 1. The normalized spacial score (nSPS) is 15.3. The topological polar surface area (TPSA) is 84.1 Å². The number of aromatic amines is 1. The van der Waals surface area contributed by atoms with Gasteiger partial charge in [-0.3, -0.25) is 9.79 Å². The van der Waals surface area contributed by atoms with E-state index < -0.39 is 0 Å². The monoisotopic (exact) mass is 350 g/mol. The minimum atomic E-state index is -0.0114. The molecule has 2 aromatic rings. The van der Waals surface area contributed by atoms with E-state index in [1.807, 2.05) is 0 Å². The van der Waals surface area contributed by atoms with E-state index in [0.717, 1.165) is 29.6 Å². The lowest BCUT2D eigenvalue weighted by molar-refractivity contribution is 0.666. The molecule has 1 aliphatic carbocycles. The molecule has 124 valence electrons. The fraction of sp³-hybridized carbons (Fsp3) is 0.562. The van der Waals surface area contributed by atoms with Gasteiger partial charge < -0.3 is 10.7 Å². The molecular weight excluding hydrogens is 328 g/mol. The van der Waals surface area contributed by atoms with Gasteiger partial charge in [0.15, 0.2) is 5.17 Å². The zero-order chi connectivity index (χ0) is 16.4. The molecule has 3 N–H and O–H groups in total. The van der Waals surface area contributed by atoms with Crippen LogP contribution in [0.3, 0.4) is 0 Å². The van der Waals surface area contributed by atoms with E-state index in [9.17, 15) is 4.79 Å². The second kappa shape index (κ2) is 7.05. The van der Waals surface area contributed by atoms with Gasteiger partial charge in [0.2, 0.25) is 0 Å². The van der Waals surface area contributed by atoms with Crippen molar-refractivity contribution in [1.29, 1.82) is 0 Å². The molecule has 0 aliphatic heterocycles. The highest BCUT2D eigenvalue weighted by atomic mass is 32.2. The number of thiophene rings is 1. The fourth-order valence-corrected chi connectivity index (χ4v) is 4.61. The third-order valence-electron chi connectivity index (χ3n) is 3.84. The van der Waals surface area contributed by atoms with Crippen LogP contribution in [0.15, 0.2) is 9.79 Å². The molecule has 23 heavy (non-hydrogen) atoms. The van der Waals surface area contributed by atoms with Gasteiger partial charge in [0, 0.05) is 11.4 Å². The summed E-state index contributed by atoms with van der Waals surface area (Å²) in [4.78, 5) is 26.5. The van der Waals surface area contributed by atoms with Crippen molar-refractivity contribution in [1.82, 2.24) is 9.97 Å². The Morgan fingerprint density at radius 1 is 1.43 bits per heavy atom. The van der Waals surface area contributed by atoms with Gasteiger partial charge in [-0.15, -0.1) is 11.3 Å². The van der Waals surface area contributed by atoms with Crippen LogP contribution in [0.2, 0.25) is 0 Å². The number of hydrogen-bond donors (Lipinski definition) is 2. The number of hydrogen-bond acceptors (Lipinski definition) is 5. The molecule has 0 saturated heterocycles. The number of rotatable bonds is 4. The SMILES string of the molecule is CC(C)CN=C(N)SCc1nc2sc3c(c2c(=O)[nH]1)CCCC3. The average molecular weight is 351 g/mol. The molecule has 0 atom stereocenters. The Balaban J connectivity index is 1.80. The zero-order valence-corrected chi connectivity index (χ0v) is 15.1. The van der Waals surface area contributed by atoms with Crippen LogP contribution in [-0.2, 0) is 18.6 Å². The van der Waals surface area contributed by atoms with E-state index in [2.05, 4.69) is 28.8 Å². The van der Waals surface area contributed by atoms with Crippen molar-refractivity contribution in [3.8, 4) is 0 Å². The minimum absolute atomic E-state index is 0.0114. The van der Waals surface area contributed by atoms with E-state index in [0.29, 0.717) is 22.7 Å². The van der Waals surface area contributed by atoms with Gasteiger partial charge in [-0.25, -0.2) is 4.98 Å². The first-order chi connectivity index (χ1) is 11.0. The maximum atomic E-state index is 12.4. The Morgan fingerprint density at radius 3 is 3.00 bits per heavy atom. The summed E-state index contributed by atoms with van der Waals surface area (Å²) in [5, 5.41) is 1.35. The quantitative estimate of drug-likeness (QED) is 0.655. The van der Waals surface area contributed by atoms with Gasteiger partial charge in [-0.2, -0.15) is 0 Å². The molecule has 0 amide bonds. The lowest BCUT2D eigenvalue weighted by atomic mass is 9.97. The molecule has 3 rings (SSSR count). The Bertz CT molecular complexity index is 791. The highest BCUT2D eigenvalue weighted by Gasteiger charge is 2.19. The van der Waals surface area contributed by atoms with Crippen LogP contribution in [0.5, 0.6) is 0 Å². The van der Waals surface area contributed by atoms with Crippen LogP contribution >= 0.6 is 23.1 Å². The highest BCUT2D eigenvalue weighted by Crippen LogP contribution is 2.33. The summed E-state index contributed by atoms with van der Waals surface area (Å²) in [7, 11) is 0. The molecule has 0 fully saturated rings. The Morgan fingerprint density at radius 2 is 2.22 bits per heavy atom. The van der Waals surface area contributed by atoms with Crippen molar-refractivity contribution >= 4 is 38.5 Å². The second-order valence-electron chi connectivity index (χ2n) is 6.27. The standard InChI is InChI=1S/C16H22N4OS2/c1-9(2)7-18-16(17)22-8-12-19-14(21)13-10-5-3-4-6-11(10)23-15(13)20-12/h9H,3-8H2,1-2H3,(H2,17,18)(H,19,20,21). The molecule has 7 heteroatoms. The zero-order valence-electron chi connectivity index (χ0n) is 13.5. The molecule has 0 saturated carbocycles. The smallest absolute Gasteiger partial charge is 0.259 e. The maximum absolute atomic E-state index is 12.4. The maximum Gasteiger partial charge on any atom is 0.259 e. The van der Waals surface area contributed by atoms with Gasteiger partial charge in [-0.05, 0) is 37.2 Å². The number of fused-ring (bicyclic) bond motifs is 3. The van der Waals surface area contributed by atoms with Gasteiger partial charge in [-0.1, -0.05) is 25.6 Å². The summed E-state index contributed by atoms with van der Waals surface area (Å²) in [6.07, 6.45) is 4.46. The van der Waals surface area contributed by atoms with Crippen molar-refractivity contribution in [2.24, 2.45) is 16.6 Å². The Hall–Kier alpha value is -1.34. The third-order valence-corrected chi connectivity index (χ3v) is 5.87. The van der Waals surface area contributed by atoms with Crippen molar-refractivity contribution in [2.45, 2.75) is 45.3 Å². The first-order valence-corrected chi connectivity index (χ1v) is 9.81. The summed E-state index contributed by atoms with van der Waals surface area (Å²) in [5.74, 6) is 1.70. The summed E-state index contributed by atoms with van der Waals surface area (Å²) in [5.41, 5.74) is 7.11. The molecule has 0 spiro atoms. The molecule has 0 aromatic carbocycles.